The fourth-order valence-electron chi connectivity index (χ4n) is 1.88. The normalized spacial score (nSPS) is 10.8. The molecule has 0 atom stereocenters. The average molecular weight is 258 g/mol. The summed E-state index contributed by atoms with van der Waals surface area (Å²) in [4.78, 5) is 0. The third-order valence-electron chi connectivity index (χ3n) is 2.77. The Bertz CT molecular complexity index is 718. The molecule has 3 rings (SSSR count). The van der Waals surface area contributed by atoms with Gasteiger partial charge >= 0.3 is 0 Å². The summed E-state index contributed by atoms with van der Waals surface area (Å²) in [5.41, 5.74) is 0.595. The lowest BCUT2D eigenvalue weighted by Gasteiger charge is -2.03. The highest BCUT2D eigenvalue weighted by atomic mass is 19.1. The van der Waals surface area contributed by atoms with Crippen LogP contribution in [-0.4, -0.2) is 5.11 Å². The molecule has 3 aromatic rings. The first-order valence-corrected chi connectivity index (χ1v) is 5.81. The van der Waals surface area contributed by atoms with Gasteiger partial charge in [0.25, 0.3) is 0 Å². The predicted molar refractivity (Wildman–Crippen MR) is 68.6 cm³/mol. The summed E-state index contributed by atoms with van der Waals surface area (Å²) in [6.07, 6.45) is 0. The van der Waals surface area contributed by atoms with Crippen LogP contribution in [0, 0.1) is 5.82 Å². The summed E-state index contributed by atoms with van der Waals surface area (Å²) >= 11 is 0. The molecule has 0 aliphatic carbocycles. The molecule has 0 bridgehead atoms. The van der Waals surface area contributed by atoms with Gasteiger partial charge in [0, 0.05) is 6.07 Å². The second-order valence-corrected chi connectivity index (χ2v) is 4.15. The Balaban J connectivity index is 1.80. The number of phenols is 1. The van der Waals surface area contributed by atoms with Crippen LogP contribution in [0.1, 0.15) is 5.76 Å². The van der Waals surface area contributed by atoms with E-state index in [4.69, 9.17) is 9.15 Å². The molecule has 3 nitrogen and oxygen atoms in total. The van der Waals surface area contributed by atoms with Crippen LogP contribution in [0.4, 0.5) is 4.39 Å². The fraction of sp³-hybridized carbons (Fsp3) is 0.0667. The molecule has 1 aromatic heterocycles. The molecule has 1 heterocycles. The summed E-state index contributed by atoms with van der Waals surface area (Å²) in [6, 6.07) is 12.7. The van der Waals surface area contributed by atoms with Gasteiger partial charge < -0.3 is 14.3 Å². The number of halogens is 1. The monoisotopic (exact) mass is 258 g/mol. The number of phenolic OH excluding ortho intramolecular Hbond substituents is 1. The number of hydrogen-bond acceptors (Lipinski definition) is 3. The first-order valence-electron chi connectivity index (χ1n) is 5.81. The zero-order valence-corrected chi connectivity index (χ0v) is 9.97. The SMILES string of the molecule is Oc1cccc2oc(COc3cccc(F)c3)cc12. The Morgan fingerprint density at radius 1 is 1.11 bits per heavy atom. The standard InChI is InChI=1S/C15H11FO3/c16-10-3-1-4-11(7-10)18-9-12-8-13-14(17)5-2-6-15(13)19-12/h1-8,17H,9H2. The molecular weight excluding hydrogens is 247 g/mol. The molecule has 0 saturated heterocycles. The van der Waals surface area contributed by atoms with E-state index >= 15 is 0 Å². The van der Waals surface area contributed by atoms with Gasteiger partial charge in [-0.1, -0.05) is 12.1 Å². The van der Waals surface area contributed by atoms with Crippen LogP contribution in [0.2, 0.25) is 0 Å². The van der Waals surface area contributed by atoms with Crippen LogP contribution >= 0.6 is 0 Å². The van der Waals surface area contributed by atoms with Crippen molar-refractivity contribution in [1.29, 1.82) is 0 Å². The number of benzene rings is 2. The second-order valence-electron chi connectivity index (χ2n) is 4.15. The molecule has 96 valence electrons. The minimum absolute atomic E-state index is 0.165. The minimum atomic E-state index is -0.347. The largest absolute Gasteiger partial charge is 0.507 e. The van der Waals surface area contributed by atoms with Crippen LogP contribution in [0.3, 0.4) is 0 Å². The maximum atomic E-state index is 13.0. The van der Waals surface area contributed by atoms with E-state index in [1.165, 1.54) is 12.1 Å². The van der Waals surface area contributed by atoms with Crippen molar-refractivity contribution in [2.24, 2.45) is 0 Å². The smallest absolute Gasteiger partial charge is 0.146 e. The molecule has 0 unspecified atom stereocenters. The van der Waals surface area contributed by atoms with Crippen LogP contribution in [0.15, 0.2) is 52.9 Å². The summed E-state index contributed by atoms with van der Waals surface area (Å²) in [5.74, 6) is 0.823. The van der Waals surface area contributed by atoms with Gasteiger partial charge in [-0.3, -0.25) is 0 Å². The highest BCUT2D eigenvalue weighted by Gasteiger charge is 2.07. The number of ether oxygens (including phenoxy) is 1. The molecule has 0 spiro atoms. The number of furan rings is 1. The molecule has 19 heavy (non-hydrogen) atoms. The first-order chi connectivity index (χ1) is 9.22. The molecule has 0 aliphatic rings. The van der Waals surface area contributed by atoms with Crippen molar-refractivity contribution in [3.8, 4) is 11.5 Å². The lowest BCUT2D eigenvalue weighted by atomic mass is 10.2. The van der Waals surface area contributed by atoms with E-state index in [1.54, 1.807) is 36.4 Å². The zero-order valence-electron chi connectivity index (χ0n) is 9.97. The van der Waals surface area contributed by atoms with Crippen LogP contribution in [-0.2, 0) is 6.61 Å². The molecule has 0 radical (unpaired) electrons. The molecule has 4 heteroatoms. The van der Waals surface area contributed by atoms with Crippen molar-refractivity contribution in [1.82, 2.24) is 0 Å². The van der Waals surface area contributed by atoms with E-state index in [1.807, 2.05) is 0 Å². The molecular formula is C15H11FO3. The first kappa shape index (κ1) is 11.6. The topological polar surface area (TPSA) is 42.6 Å². The van der Waals surface area contributed by atoms with Gasteiger partial charge in [0.05, 0.1) is 5.39 Å². The van der Waals surface area contributed by atoms with Gasteiger partial charge in [0.1, 0.15) is 35.3 Å². The van der Waals surface area contributed by atoms with E-state index in [0.717, 1.165) is 0 Å². The Morgan fingerprint density at radius 2 is 1.95 bits per heavy atom. The number of hydrogen-bond donors (Lipinski definition) is 1. The predicted octanol–water partition coefficient (Wildman–Crippen LogP) is 3.86. The molecule has 0 aliphatic heterocycles. The Hall–Kier alpha value is -2.49. The molecule has 0 fully saturated rings. The van der Waals surface area contributed by atoms with Crippen LogP contribution < -0.4 is 4.74 Å². The van der Waals surface area contributed by atoms with E-state index in [-0.39, 0.29) is 18.2 Å². The van der Waals surface area contributed by atoms with Crippen molar-refractivity contribution < 1.29 is 18.7 Å². The van der Waals surface area contributed by atoms with Gasteiger partial charge in [0.2, 0.25) is 0 Å². The molecule has 1 N–H and O–H groups in total. The van der Waals surface area contributed by atoms with Crippen molar-refractivity contribution in [2.75, 3.05) is 0 Å². The van der Waals surface area contributed by atoms with Crippen LogP contribution in [0.5, 0.6) is 11.5 Å². The third-order valence-corrected chi connectivity index (χ3v) is 2.77. The molecule has 0 amide bonds. The van der Waals surface area contributed by atoms with Crippen molar-refractivity contribution in [3.63, 3.8) is 0 Å². The molecule has 2 aromatic carbocycles. The van der Waals surface area contributed by atoms with Crippen molar-refractivity contribution >= 4 is 11.0 Å². The maximum Gasteiger partial charge on any atom is 0.146 e. The average Bonchev–Trinajstić information content (AvgIpc) is 2.81. The summed E-state index contributed by atoms with van der Waals surface area (Å²) < 4.78 is 23.9. The highest BCUT2D eigenvalue weighted by Crippen LogP contribution is 2.28. The number of fused-ring (bicyclic) bond motifs is 1. The van der Waals surface area contributed by atoms with Crippen LogP contribution in [0.25, 0.3) is 11.0 Å². The maximum absolute atomic E-state index is 13.0. The Morgan fingerprint density at radius 3 is 2.74 bits per heavy atom. The lowest BCUT2D eigenvalue weighted by Crippen LogP contribution is -1.93. The minimum Gasteiger partial charge on any atom is -0.507 e. The van der Waals surface area contributed by atoms with Gasteiger partial charge in [-0.15, -0.1) is 0 Å². The van der Waals surface area contributed by atoms with Gasteiger partial charge in [-0.2, -0.15) is 0 Å². The number of aromatic hydroxyl groups is 1. The highest BCUT2D eigenvalue weighted by molar-refractivity contribution is 5.84. The Labute approximate surface area is 108 Å². The van der Waals surface area contributed by atoms with Crippen molar-refractivity contribution in [2.45, 2.75) is 6.61 Å². The summed E-state index contributed by atoms with van der Waals surface area (Å²) in [7, 11) is 0. The number of rotatable bonds is 3. The lowest BCUT2D eigenvalue weighted by molar-refractivity contribution is 0.273. The van der Waals surface area contributed by atoms with Crippen molar-refractivity contribution in [3.05, 3.63) is 60.1 Å². The second kappa shape index (κ2) is 4.65. The molecule has 0 saturated carbocycles. The summed E-state index contributed by atoms with van der Waals surface area (Å²) in [6.45, 7) is 0.178. The van der Waals surface area contributed by atoms with Gasteiger partial charge in [-0.05, 0) is 30.3 Å². The van der Waals surface area contributed by atoms with E-state index in [0.29, 0.717) is 22.5 Å². The van der Waals surface area contributed by atoms with E-state index < -0.39 is 0 Å². The fourth-order valence-corrected chi connectivity index (χ4v) is 1.88. The van der Waals surface area contributed by atoms with E-state index in [2.05, 4.69) is 0 Å². The van der Waals surface area contributed by atoms with Gasteiger partial charge in [0.15, 0.2) is 0 Å². The quantitative estimate of drug-likeness (QED) is 0.775. The summed E-state index contributed by atoms with van der Waals surface area (Å²) in [5, 5.41) is 10.3. The zero-order chi connectivity index (χ0) is 13.2. The third kappa shape index (κ3) is 2.38. The van der Waals surface area contributed by atoms with E-state index in [9.17, 15) is 9.50 Å². The van der Waals surface area contributed by atoms with Gasteiger partial charge in [-0.25, -0.2) is 4.39 Å². The Kier molecular flexibility index (Phi) is 2.83.